The number of esters is 2. The summed E-state index contributed by atoms with van der Waals surface area (Å²) in [6.45, 7) is 0. The average molecular weight is 444 g/mol. The lowest BCUT2D eigenvalue weighted by Crippen LogP contribution is -2.45. The van der Waals surface area contributed by atoms with E-state index in [2.05, 4.69) is 0 Å². The second-order valence-electron chi connectivity index (χ2n) is 7.21. The predicted octanol–water partition coefficient (Wildman–Crippen LogP) is 2.76. The summed E-state index contributed by atoms with van der Waals surface area (Å²) < 4.78 is 15.9. The third-order valence-electron chi connectivity index (χ3n) is 5.62. The predicted molar refractivity (Wildman–Crippen MR) is 107 cm³/mol. The Kier molecular flexibility index (Phi) is 5.28. The maximum Gasteiger partial charge on any atom is 0.326 e. The fourth-order valence-electron chi connectivity index (χ4n) is 4.15. The highest BCUT2D eigenvalue weighted by molar-refractivity contribution is 6.30. The Bertz CT molecular complexity index is 1030. The first-order chi connectivity index (χ1) is 14.8. The molecule has 0 aliphatic carbocycles. The molecule has 0 spiro atoms. The van der Waals surface area contributed by atoms with Gasteiger partial charge in [0.05, 0.1) is 25.3 Å². The van der Waals surface area contributed by atoms with E-state index in [4.69, 9.17) is 25.8 Å². The molecule has 0 aromatic heterocycles. The Labute approximate surface area is 182 Å². The number of carbonyl (C=O) groups is 4. The van der Waals surface area contributed by atoms with Crippen LogP contribution in [0.5, 0.6) is 0 Å². The van der Waals surface area contributed by atoms with Crippen molar-refractivity contribution in [2.24, 2.45) is 5.41 Å². The fraction of sp³-hybridized carbons (Fsp3) is 0.273. The van der Waals surface area contributed by atoms with E-state index in [1.807, 2.05) is 0 Å². The molecule has 160 valence electrons. The molecule has 0 N–H and O–H groups in total. The highest BCUT2D eigenvalue weighted by Gasteiger charge is 2.64. The number of fused-ring (bicyclic) bond motifs is 1. The molecule has 0 saturated carbocycles. The van der Waals surface area contributed by atoms with Gasteiger partial charge in [-0.15, -0.1) is 0 Å². The van der Waals surface area contributed by atoms with Crippen molar-refractivity contribution < 1.29 is 33.4 Å². The van der Waals surface area contributed by atoms with Crippen LogP contribution in [-0.4, -0.2) is 49.1 Å². The van der Waals surface area contributed by atoms with Crippen molar-refractivity contribution in [3.05, 3.63) is 70.2 Å². The number of ether oxygens (including phenoxy) is 3. The number of rotatable bonds is 4. The van der Waals surface area contributed by atoms with Crippen LogP contribution in [0.3, 0.4) is 0 Å². The summed E-state index contributed by atoms with van der Waals surface area (Å²) in [5.41, 5.74) is -1.02. The van der Waals surface area contributed by atoms with Gasteiger partial charge in [-0.05, 0) is 29.8 Å². The van der Waals surface area contributed by atoms with Crippen LogP contribution in [0.2, 0.25) is 5.02 Å². The van der Waals surface area contributed by atoms with Crippen molar-refractivity contribution in [2.45, 2.75) is 18.8 Å². The Morgan fingerprint density at radius 2 is 1.48 bits per heavy atom. The minimum atomic E-state index is -1.92. The first-order valence-electron chi connectivity index (χ1n) is 9.39. The molecule has 2 aliphatic heterocycles. The van der Waals surface area contributed by atoms with Crippen LogP contribution in [0.4, 0.5) is 0 Å². The smallest absolute Gasteiger partial charge is 0.326 e. The number of benzene rings is 2. The van der Waals surface area contributed by atoms with Crippen molar-refractivity contribution in [2.75, 3.05) is 14.2 Å². The van der Waals surface area contributed by atoms with Gasteiger partial charge in [-0.2, -0.15) is 0 Å². The first-order valence-corrected chi connectivity index (χ1v) is 9.77. The summed E-state index contributed by atoms with van der Waals surface area (Å²) in [4.78, 5) is 52.6. The number of imide groups is 1. The van der Waals surface area contributed by atoms with E-state index in [1.165, 1.54) is 12.1 Å². The van der Waals surface area contributed by atoms with Crippen LogP contribution >= 0.6 is 11.6 Å². The molecule has 9 heteroatoms. The van der Waals surface area contributed by atoms with Crippen molar-refractivity contribution in [1.29, 1.82) is 0 Å². The summed E-state index contributed by atoms with van der Waals surface area (Å²) >= 11 is 5.97. The molecule has 0 radical (unpaired) electrons. The summed E-state index contributed by atoms with van der Waals surface area (Å²) in [6.07, 6.45) is -2.67. The second-order valence-corrected chi connectivity index (χ2v) is 7.64. The van der Waals surface area contributed by atoms with Gasteiger partial charge in [0.25, 0.3) is 11.8 Å². The van der Waals surface area contributed by atoms with Gasteiger partial charge in [-0.3, -0.25) is 19.2 Å². The number of methoxy groups -OCH3 is 2. The first kappa shape index (κ1) is 21.0. The molecule has 2 heterocycles. The van der Waals surface area contributed by atoms with Crippen LogP contribution in [0.15, 0.2) is 48.5 Å². The maximum absolute atomic E-state index is 12.9. The molecular formula is C22H18ClNO7. The summed E-state index contributed by atoms with van der Waals surface area (Å²) in [7, 11) is 2.28. The van der Waals surface area contributed by atoms with Crippen molar-refractivity contribution in [3.63, 3.8) is 0 Å². The molecule has 2 amide bonds. The molecule has 2 atom stereocenters. The highest BCUT2D eigenvalue weighted by Crippen LogP contribution is 2.51. The lowest BCUT2D eigenvalue weighted by molar-refractivity contribution is -0.174. The number of carbonyl (C=O) groups excluding carboxylic acids is 4. The monoisotopic (exact) mass is 443 g/mol. The van der Waals surface area contributed by atoms with Gasteiger partial charge in [0, 0.05) is 11.4 Å². The van der Waals surface area contributed by atoms with E-state index in [1.54, 1.807) is 36.4 Å². The highest BCUT2D eigenvalue weighted by atomic mass is 35.5. The zero-order chi connectivity index (χ0) is 22.3. The molecule has 31 heavy (non-hydrogen) atoms. The number of hydrogen-bond acceptors (Lipinski definition) is 7. The van der Waals surface area contributed by atoms with Crippen LogP contribution in [0.25, 0.3) is 0 Å². The normalized spacial score (nSPS) is 21.7. The number of nitrogens with zero attached hydrogens (tertiary/aromatic N) is 1. The van der Waals surface area contributed by atoms with E-state index in [-0.39, 0.29) is 17.5 Å². The van der Waals surface area contributed by atoms with Crippen LogP contribution < -0.4 is 0 Å². The average Bonchev–Trinajstić information content (AvgIpc) is 3.30. The van der Waals surface area contributed by atoms with Gasteiger partial charge in [-0.25, -0.2) is 4.90 Å². The minimum Gasteiger partial charge on any atom is -0.468 e. The Morgan fingerprint density at radius 3 is 1.97 bits per heavy atom. The second kappa shape index (κ2) is 7.79. The zero-order valence-corrected chi connectivity index (χ0v) is 17.4. The molecule has 8 nitrogen and oxygen atoms in total. The molecule has 1 fully saturated rings. The molecule has 0 unspecified atom stereocenters. The third kappa shape index (κ3) is 3.10. The molecular weight excluding hydrogens is 426 g/mol. The van der Waals surface area contributed by atoms with Crippen molar-refractivity contribution in [3.8, 4) is 0 Å². The van der Waals surface area contributed by atoms with Gasteiger partial charge in [0.1, 0.15) is 12.3 Å². The van der Waals surface area contributed by atoms with E-state index in [9.17, 15) is 19.2 Å². The Hall–Kier alpha value is -3.23. The lowest BCUT2D eigenvalue weighted by atomic mass is 9.77. The largest absolute Gasteiger partial charge is 0.468 e. The quantitative estimate of drug-likeness (QED) is 0.407. The van der Waals surface area contributed by atoms with E-state index < -0.39 is 41.5 Å². The van der Waals surface area contributed by atoms with Gasteiger partial charge in [0.15, 0.2) is 5.41 Å². The van der Waals surface area contributed by atoms with E-state index in [0.717, 1.165) is 19.1 Å². The van der Waals surface area contributed by atoms with Crippen molar-refractivity contribution >= 4 is 35.4 Å². The van der Waals surface area contributed by atoms with E-state index >= 15 is 0 Å². The van der Waals surface area contributed by atoms with Gasteiger partial charge >= 0.3 is 11.9 Å². The van der Waals surface area contributed by atoms with Gasteiger partial charge in [0.2, 0.25) is 0 Å². The SMILES string of the molecule is COC(=O)C1(C(=O)OC)C[C@H](N2C(=O)c3ccccc3C2=O)O[C@@H]1c1ccc(Cl)cc1. The summed E-state index contributed by atoms with van der Waals surface area (Å²) in [5.74, 6) is -2.91. The maximum atomic E-state index is 12.9. The molecule has 2 aromatic carbocycles. The zero-order valence-electron chi connectivity index (χ0n) is 16.7. The van der Waals surface area contributed by atoms with E-state index in [0.29, 0.717) is 10.6 Å². The number of amides is 2. The standard InChI is InChI=1S/C22H18ClNO7/c1-29-20(27)22(21(28)30-2)11-16(31-17(22)12-7-9-13(23)10-8-12)24-18(25)14-5-3-4-6-15(14)19(24)26/h3-10,16-17H,11H2,1-2H3/t16-,17-/m1/s1. The Balaban J connectivity index is 1.80. The number of halogens is 1. The summed E-state index contributed by atoms with van der Waals surface area (Å²) in [5, 5.41) is 0.445. The molecule has 0 bridgehead atoms. The summed E-state index contributed by atoms with van der Waals surface area (Å²) in [6, 6.07) is 12.7. The topological polar surface area (TPSA) is 99.2 Å². The number of hydrogen-bond donors (Lipinski definition) is 0. The van der Waals surface area contributed by atoms with Gasteiger partial charge in [-0.1, -0.05) is 35.9 Å². The molecule has 2 aliphatic rings. The minimum absolute atomic E-state index is 0.229. The third-order valence-corrected chi connectivity index (χ3v) is 5.87. The fourth-order valence-corrected chi connectivity index (χ4v) is 4.28. The molecule has 4 rings (SSSR count). The van der Waals surface area contributed by atoms with Crippen molar-refractivity contribution in [1.82, 2.24) is 4.90 Å². The molecule has 2 aromatic rings. The Morgan fingerprint density at radius 1 is 0.968 bits per heavy atom. The van der Waals surface area contributed by atoms with Crippen LogP contribution in [0, 0.1) is 5.41 Å². The van der Waals surface area contributed by atoms with Crippen LogP contribution in [0.1, 0.15) is 38.8 Å². The molecule has 1 saturated heterocycles. The van der Waals surface area contributed by atoms with Gasteiger partial charge < -0.3 is 14.2 Å². The van der Waals surface area contributed by atoms with Crippen LogP contribution in [-0.2, 0) is 23.8 Å². The lowest BCUT2D eigenvalue weighted by Gasteiger charge is -2.28.